The second-order valence-corrected chi connectivity index (χ2v) is 6.33. The van der Waals surface area contributed by atoms with Gasteiger partial charge in [-0.05, 0) is 19.0 Å². The molecule has 1 saturated heterocycles. The molecule has 1 amide bonds. The van der Waals surface area contributed by atoms with Crippen LogP contribution in [0.5, 0.6) is 0 Å². The number of amides is 1. The Morgan fingerprint density at radius 1 is 1.32 bits per heavy atom. The van der Waals surface area contributed by atoms with E-state index in [0.717, 1.165) is 13.0 Å². The summed E-state index contributed by atoms with van der Waals surface area (Å²) in [7, 11) is 3.38. The van der Waals surface area contributed by atoms with Crippen LogP contribution < -0.4 is 5.32 Å². The fraction of sp³-hybridized carbons (Fsp3) is 0.611. The first-order valence-electron chi connectivity index (χ1n) is 8.51. The Hall–Kier alpha value is -1.51. The van der Waals surface area contributed by atoms with Crippen molar-refractivity contribution in [3.8, 4) is 0 Å². The molecule has 7 nitrogen and oxygen atoms in total. The molecule has 0 bridgehead atoms. The van der Waals surface area contributed by atoms with Crippen molar-refractivity contribution in [3.05, 3.63) is 35.9 Å². The van der Waals surface area contributed by atoms with Crippen molar-refractivity contribution in [1.29, 1.82) is 0 Å². The molecule has 1 aromatic carbocycles. The Bertz CT molecular complexity index is 527. The van der Waals surface area contributed by atoms with Gasteiger partial charge < -0.3 is 25.0 Å². The largest absolute Gasteiger partial charge is 0.394 e. The predicted octanol–water partition coefficient (Wildman–Crippen LogP) is -0.587. The van der Waals surface area contributed by atoms with E-state index in [9.17, 15) is 15.0 Å². The second-order valence-electron chi connectivity index (χ2n) is 6.33. The molecule has 1 heterocycles. The highest BCUT2D eigenvalue weighted by Gasteiger charge is 2.45. The first-order chi connectivity index (χ1) is 12.1. The molecule has 3 N–H and O–H groups in total. The summed E-state index contributed by atoms with van der Waals surface area (Å²) in [6.07, 6.45) is -1.01. The van der Waals surface area contributed by atoms with Crippen molar-refractivity contribution < 1.29 is 24.5 Å². The normalized spacial score (nSPS) is 26.1. The van der Waals surface area contributed by atoms with Crippen LogP contribution in [-0.2, 0) is 20.7 Å². The number of nitrogens with one attached hydrogen (secondary N) is 1. The number of benzene rings is 1. The lowest BCUT2D eigenvalue weighted by molar-refractivity contribution is -0.125. The van der Waals surface area contributed by atoms with E-state index in [-0.39, 0.29) is 31.7 Å². The van der Waals surface area contributed by atoms with Crippen molar-refractivity contribution in [3.63, 3.8) is 0 Å². The first kappa shape index (κ1) is 19.8. The number of carbonyl (C=O) groups excluding carboxylic acids is 1. The maximum Gasteiger partial charge on any atom is 0.246 e. The number of aliphatic hydroxyl groups excluding tert-OH is 2. The molecule has 0 spiro atoms. The van der Waals surface area contributed by atoms with E-state index >= 15 is 0 Å². The summed E-state index contributed by atoms with van der Waals surface area (Å²) >= 11 is 0. The van der Waals surface area contributed by atoms with Gasteiger partial charge in [-0.15, -0.1) is 0 Å². The maximum atomic E-state index is 11.6. The standard InChI is InChI=1S/C18H28N2O5/c1-20(9-8-13-6-4-3-5-7-13)17-14(10-19-16(22)12-24-2)25-15(11-21)18(17)23/h3-7,14-15,17-18,21,23H,8-12H2,1-2H3,(H,19,22)/t14-,15+,17+,18-/m1/s1. The quantitative estimate of drug-likeness (QED) is 0.550. The van der Waals surface area contributed by atoms with Crippen LogP contribution in [0.2, 0.25) is 0 Å². The first-order valence-corrected chi connectivity index (χ1v) is 8.51. The van der Waals surface area contributed by atoms with Crippen LogP contribution in [0.4, 0.5) is 0 Å². The van der Waals surface area contributed by atoms with Crippen molar-refractivity contribution in [1.82, 2.24) is 10.2 Å². The third-order valence-electron chi connectivity index (χ3n) is 4.52. The highest BCUT2D eigenvalue weighted by atomic mass is 16.5. The molecule has 4 atom stereocenters. The lowest BCUT2D eigenvalue weighted by Crippen LogP contribution is -2.50. The van der Waals surface area contributed by atoms with Gasteiger partial charge in [0, 0.05) is 20.2 Å². The van der Waals surface area contributed by atoms with Gasteiger partial charge in [0.2, 0.25) is 5.91 Å². The van der Waals surface area contributed by atoms with Gasteiger partial charge in [-0.1, -0.05) is 30.3 Å². The van der Waals surface area contributed by atoms with Crippen molar-refractivity contribution in [2.75, 3.05) is 40.5 Å². The molecular formula is C18H28N2O5. The summed E-state index contributed by atoms with van der Waals surface area (Å²) in [6.45, 7) is 0.714. The zero-order valence-electron chi connectivity index (χ0n) is 14.8. The minimum atomic E-state index is -0.810. The molecule has 0 radical (unpaired) electrons. The highest BCUT2D eigenvalue weighted by Crippen LogP contribution is 2.25. The van der Waals surface area contributed by atoms with Gasteiger partial charge in [0.1, 0.15) is 18.8 Å². The molecule has 1 aliphatic rings. The average molecular weight is 352 g/mol. The maximum absolute atomic E-state index is 11.6. The molecule has 25 heavy (non-hydrogen) atoms. The van der Waals surface area contributed by atoms with E-state index in [1.54, 1.807) is 0 Å². The van der Waals surface area contributed by atoms with Crippen LogP contribution in [-0.4, -0.2) is 85.8 Å². The number of methoxy groups -OCH3 is 1. The summed E-state index contributed by atoms with van der Waals surface area (Å²) in [5, 5.41) is 22.6. The van der Waals surface area contributed by atoms with Gasteiger partial charge in [-0.25, -0.2) is 0 Å². The Labute approximate surface area is 148 Å². The fourth-order valence-electron chi connectivity index (χ4n) is 3.19. The number of hydrogen-bond acceptors (Lipinski definition) is 6. The van der Waals surface area contributed by atoms with E-state index in [2.05, 4.69) is 17.4 Å². The SMILES string of the molecule is COCC(=O)NC[C@H]1O[C@@H](CO)[C@@H](O)[C@H]1N(C)CCc1ccccc1. The molecule has 2 rings (SSSR count). The minimum absolute atomic E-state index is 0.0206. The topological polar surface area (TPSA) is 91.3 Å². The highest BCUT2D eigenvalue weighted by molar-refractivity contribution is 5.77. The Kier molecular flexibility index (Phi) is 7.80. The summed E-state index contributed by atoms with van der Waals surface area (Å²) in [5.74, 6) is -0.237. The van der Waals surface area contributed by atoms with Crippen molar-refractivity contribution in [2.24, 2.45) is 0 Å². The molecule has 0 aromatic heterocycles. The lowest BCUT2D eigenvalue weighted by Gasteiger charge is -2.30. The fourth-order valence-corrected chi connectivity index (χ4v) is 3.19. The van der Waals surface area contributed by atoms with Crippen LogP contribution in [0.25, 0.3) is 0 Å². The van der Waals surface area contributed by atoms with Crippen molar-refractivity contribution in [2.45, 2.75) is 30.8 Å². The van der Waals surface area contributed by atoms with E-state index in [4.69, 9.17) is 9.47 Å². The molecule has 0 aliphatic carbocycles. The molecule has 0 unspecified atom stereocenters. The predicted molar refractivity (Wildman–Crippen MR) is 93.2 cm³/mol. The van der Waals surface area contributed by atoms with Gasteiger partial charge in [0.25, 0.3) is 0 Å². The average Bonchev–Trinajstić information content (AvgIpc) is 2.95. The van der Waals surface area contributed by atoms with Gasteiger partial charge in [-0.2, -0.15) is 0 Å². The van der Waals surface area contributed by atoms with Crippen LogP contribution in [0.15, 0.2) is 30.3 Å². The molecule has 1 aliphatic heterocycles. The second kappa shape index (κ2) is 9.84. The van der Waals surface area contributed by atoms with Gasteiger partial charge >= 0.3 is 0 Å². The molecule has 1 aromatic rings. The number of ether oxygens (including phenoxy) is 2. The molecule has 1 fully saturated rings. The van der Waals surface area contributed by atoms with Crippen LogP contribution in [0, 0.1) is 0 Å². The third-order valence-corrected chi connectivity index (χ3v) is 4.52. The number of carbonyl (C=O) groups is 1. The molecule has 7 heteroatoms. The minimum Gasteiger partial charge on any atom is -0.394 e. The van der Waals surface area contributed by atoms with E-state index in [1.807, 2.05) is 30.1 Å². The number of hydrogen-bond donors (Lipinski definition) is 3. The van der Waals surface area contributed by atoms with Gasteiger partial charge in [-0.3, -0.25) is 9.69 Å². The Morgan fingerprint density at radius 2 is 2.04 bits per heavy atom. The van der Waals surface area contributed by atoms with Crippen LogP contribution in [0.3, 0.4) is 0 Å². The lowest BCUT2D eigenvalue weighted by atomic mass is 10.0. The van der Waals surface area contributed by atoms with Crippen LogP contribution in [0.1, 0.15) is 5.56 Å². The zero-order chi connectivity index (χ0) is 18.2. The van der Waals surface area contributed by atoms with E-state index in [1.165, 1.54) is 12.7 Å². The summed E-state index contributed by atoms with van der Waals surface area (Å²) in [5.41, 5.74) is 1.21. The Balaban J connectivity index is 1.95. The van der Waals surface area contributed by atoms with E-state index in [0.29, 0.717) is 0 Å². The van der Waals surface area contributed by atoms with Gasteiger partial charge in [0.05, 0.1) is 18.8 Å². The van der Waals surface area contributed by atoms with Crippen LogP contribution >= 0.6 is 0 Å². The monoisotopic (exact) mass is 352 g/mol. The molecule has 140 valence electrons. The smallest absolute Gasteiger partial charge is 0.246 e. The third kappa shape index (κ3) is 5.49. The number of rotatable bonds is 9. The van der Waals surface area contributed by atoms with Gasteiger partial charge in [0.15, 0.2) is 0 Å². The molecule has 0 saturated carbocycles. The summed E-state index contributed by atoms with van der Waals surface area (Å²) in [4.78, 5) is 13.6. The summed E-state index contributed by atoms with van der Waals surface area (Å²) in [6, 6.07) is 9.80. The number of nitrogens with zero attached hydrogens (tertiary/aromatic N) is 1. The molecular weight excluding hydrogens is 324 g/mol. The summed E-state index contributed by atoms with van der Waals surface area (Å²) < 4.78 is 10.5. The number of likely N-dealkylation sites (N-methyl/N-ethyl adjacent to an activating group) is 1. The van der Waals surface area contributed by atoms with Crippen molar-refractivity contribution >= 4 is 5.91 Å². The Morgan fingerprint density at radius 3 is 2.68 bits per heavy atom. The number of aliphatic hydroxyl groups is 2. The zero-order valence-corrected chi connectivity index (χ0v) is 14.8. The van der Waals surface area contributed by atoms with E-state index < -0.39 is 18.3 Å².